The van der Waals surface area contributed by atoms with Crippen LogP contribution in [-0.4, -0.2) is 20.9 Å². The van der Waals surface area contributed by atoms with Crippen molar-refractivity contribution in [1.29, 1.82) is 0 Å². The van der Waals surface area contributed by atoms with Crippen LogP contribution in [0.25, 0.3) is 0 Å². The molecule has 1 heterocycles. The van der Waals surface area contributed by atoms with E-state index in [0.29, 0.717) is 17.2 Å². The monoisotopic (exact) mass is 572 g/mol. The number of fused-ring (bicyclic) bond motifs is 3. The van der Waals surface area contributed by atoms with Crippen LogP contribution < -0.4 is 4.74 Å². The molecule has 0 saturated heterocycles. The van der Waals surface area contributed by atoms with E-state index in [0.717, 1.165) is 73.8 Å². The Bertz CT molecular complexity index is 1340. The molecule has 4 nitrogen and oxygen atoms in total. The molecule has 4 atom stereocenters. The first kappa shape index (κ1) is 31.8. The summed E-state index contributed by atoms with van der Waals surface area (Å²) < 4.78 is 6.30. The normalized spacial score (nSPS) is 24.2. The van der Waals surface area contributed by atoms with Crippen molar-refractivity contribution in [3.63, 3.8) is 0 Å². The van der Waals surface area contributed by atoms with E-state index in [2.05, 4.69) is 66.3 Å². The summed E-state index contributed by atoms with van der Waals surface area (Å²) in [6, 6.07) is 7.66. The van der Waals surface area contributed by atoms with Crippen LogP contribution in [0.3, 0.4) is 0 Å². The number of phenols is 3. The molecule has 0 saturated carbocycles. The van der Waals surface area contributed by atoms with Crippen molar-refractivity contribution in [3.05, 3.63) is 82.0 Å². The van der Waals surface area contributed by atoms with Gasteiger partial charge in [-0.1, -0.05) is 62.1 Å². The summed E-state index contributed by atoms with van der Waals surface area (Å²) in [7, 11) is 0. The lowest BCUT2D eigenvalue weighted by Crippen LogP contribution is -2.45. The number of hydrogen-bond donors (Lipinski definition) is 3. The molecule has 0 radical (unpaired) electrons. The maximum absolute atomic E-state index is 10.5. The van der Waals surface area contributed by atoms with Crippen molar-refractivity contribution in [3.8, 4) is 23.0 Å². The van der Waals surface area contributed by atoms with Crippen LogP contribution in [0.2, 0.25) is 0 Å². The molecule has 1 aliphatic heterocycles. The summed E-state index contributed by atoms with van der Waals surface area (Å²) in [5.74, 6) is 2.74. The molecular weight excluding hydrogens is 520 g/mol. The molecule has 2 aromatic carbocycles. The zero-order valence-electron chi connectivity index (χ0n) is 26.9. The van der Waals surface area contributed by atoms with E-state index in [9.17, 15) is 15.3 Å². The fourth-order valence-electron chi connectivity index (χ4n) is 7.37. The first-order valence-electron chi connectivity index (χ1n) is 16.0. The quantitative estimate of drug-likeness (QED) is 0.301. The minimum absolute atomic E-state index is 0.0203. The van der Waals surface area contributed by atoms with Gasteiger partial charge in [0.15, 0.2) is 0 Å². The van der Waals surface area contributed by atoms with Crippen LogP contribution >= 0.6 is 0 Å². The van der Waals surface area contributed by atoms with Gasteiger partial charge in [-0.3, -0.25) is 0 Å². The van der Waals surface area contributed by atoms with E-state index >= 15 is 0 Å². The highest BCUT2D eigenvalue weighted by molar-refractivity contribution is 5.54. The molecule has 0 aromatic heterocycles. The van der Waals surface area contributed by atoms with E-state index in [-0.39, 0.29) is 34.9 Å². The first-order valence-corrected chi connectivity index (χ1v) is 16.0. The standard InChI is InChI=1S/2C19H26O2/c1-5-6-13-10-16(20)18-14-9-12(2)7-8-15(14)19(3,4)21-17(18)11-13;1-5-6-14-10-17(20)19(18(21)11-14)16-9-13(4)7-8-15(16)12(2)3/h9-11,14-15,20H,5-8H2,1-4H3;9-11,15-16,20-21H,2,5-8H2,1,3-4H3/t14-,15?;15?,16-/m11/s1. The summed E-state index contributed by atoms with van der Waals surface area (Å²) in [6.07, 6.45) is 12.8. The summed E-state index contributed by atoms with van der Waals surface area (Å²) in [4.78, 5) is 0. The SMILES string of the molecule is C=C(C)C1CCC(C)=C[C@H]1c1c(O)cc(CCC)cc1O.CCCc1cc(O)c2c(c1)OC(C)(C)C1CCC(C)=C[C@@H]21. The minimum Gasteiger partial charge on any atom is -0.507 e. The Morgan fingerprint density at radius 3 is 1.86 bits per heavy atom. The zero-order valence-corrected chi connectivity index (χ0v) is 26.9. The van der Waals surface area contributed by atoms with Gasteiger partial charge in [0, 0.05) is 28.9 Å². The van der Waals surface area contributed by atoms with Gasteiger partial charge >= 0.3 is 0 Å². The average molecular weight is 573 g/mol. The molecule has 0 spiro atoms. The number of phenolic OH excluding ortho intramolecular Hbond substituents is 3. The molecule has 2 unspecified atom stereocenters. The highest BCUT2D eigenvalue weighted by atomic mass is 16.5. The fraction of sp³-hybridized carbons (Fsp3) is 0.526. The van der Waals surface area contributed by atoms with Crippen LogP contribution in [0.15, 0.2) is 59.7 Å². The van der Waals surface area contributed by atoms with Crippen LogP contribution in [0, 0.1) is 11.8 Å². The average Bonchev–Trinajstić information content (AvgIpc) is 2.88. The second-order valence-electron chi connectivity index (χ2n) is 13.5. The van der Waals surface area contributed by atoms with Gasteiger partial charge in [-0.15, -0.1) is 0 Å². The van der Waals surface area contributed by atoms with E-state index < -0.39 is 0 Å². The Kier molecular flexibility index (Phi) is 9.85. The Hall–Kier alpha value is -3.14. The molecule has 3 aliphatic rings. The molecule has 3 N–H and O–H groups in total. The molecule has 2 aromatic rings. The largest absolute Gasteiger partial charge is 0.507 e. The van der Waals surface area contributed by atoms with Crippen LogP contribution in [0.5, 0.6) is 23.0 Å². The summed E-state index contributed by atoms with van der Waals surface area (Å²) >= 11 is 0. The lowest BCUT2D eigenvalue weighted by molar-refractivity contribution is 0.0107. The minimum atomic E-state index is -0.174. The number of hydrogen-bond acceptors (Lipinski definition) is 4. The molecule has 228 valence electrons. The first-order chi connectivity index (χ1) is 19.9. The maximum Gasteiger partial charge on any atom is 0.127 e. The Morgan fingerprint density at radius 1 is 0.810 bits per heavy atom. The van der Waals surface area contributed by atoms with Gasteiger partial charge in [0.2, 0.25) is 0 Å². The molecule has 0 amide bonds. The maximum atomic E-state index is 10.5. The van der Waals surface area contributed by atoms with Crippen LogP contribution in [0.1, 0.15) is 121 Å². The number of allylic oxidation sites excluding steroid dienone is 5. The van der Waals surface area contributed by atoms with E-state index in [1.54, 1.807) is 12.1 Å². The lowest BCUT2D eigenvalue weighted by Gasteiger charge is -2.46. The summed E-state index contributed by atoms with van der Waals surface area (Å²) in [6.45, 7) is 19.1. The Balaban J connectivity index is 0.000000193. The number of rotatable bonds is 6. The van der Waals surface area contributed by atoms with Crippen molar-refractivity contribution in [1.82, 2.24) is 0 Å². The van der Waals surface area contributed by atoms with E-state index in [1.807, 2.05) is 13.0 Å². The second kappa shape index (κ2) is 13.0. The number of ether oxygens (including phenoxy) is 1. The van der Waals surface area contributed by atoms with Gasteiger partial charge in [0.1, 0.15) is 28.6 Å². The van der Waals surface area contributed by atoms with Gasteiger partial charge in [-0.25, -0.2) is 0 Å². The molecule has 0 bridgehead atoms. The van der Waals surface area contributed by atoms with Crippen molar-refractivity contribution in [2.24, 2.45) is 11.8 Å². The highest BCUT2D eigenvalue weighted by Gasteiger charge is 2.45. The van der Waals surface area contributed by atoms with E-state index in [1.165, 1.54) is 16.7 Å². The summed E-state index contributed by atoms with van der Waals surface area (Å²) in [5, 5.41) is 31.4. The molecule has 5 rings (SSSR count). The second-order valence-corrected chi connectivity index (χ2v) is 13.5. The van der Waals surface area contributed by atoms with Gasteiger partial charge in [-0.2, -0.15) is 0 Å². The molecule has 42 heavy (non-hydrogen) atoms. The topological polar surface area (TPSA) is 69.9 Å². The van der Waals surface area contributed by atoms with Crippen LogP contribution in [-0.2, 0) is 12.8 Å². The zero-order chi connectivity index (χ0) is 30.8. The fourth-order valence-corrected chi connectivity index (χ4v) is 7.37. The van der Waals surface area contributed by atoms with Crippen molar-refractivity contribution in [2.75, 3.05) is 0 Å². The predicted molar refractivity (Wildman–Crippen MR) is 174 cm³/mol. The highest BCUT2D eigenvalue weighted by Crippen LogP contribution is 2.53. The third-order valence-corrected chi connectivity index (χ3v) is 9.51. The molecule has 2 aliphatic carbocycles. The van der Waals surface area contributed by atoms with Crippen molar-refractivity contribution >= 4 is 0 Å². The number of benzene rings is 2. The van der Waals surface area contributed by atoms with Gasteiger partial charge in [0.25, 0.3) is 0 Å². The van der Waals surface area contributed by atoms with E-state index in [4.69, 9.17) is 4.74 Å². The van der Waals surface area contributed by atoms with Crippen LogP contribution in [0.4, 0.5) is 0 Å². The van der Waals surface area contributed by atoms with Crippen molar-refractivity contribution < 1.29 is 20.1 Å². The number of aryl methyl sites for hydroxylation is 2. The molecular formula is C38H52O4. The Morgan fingerprint density at radius 2 is 1.31 bits per heavy atom. The summed E-state index contributed by atoms with van der Waals surface area (Å²) in [5.41, 5.74) is 7.48. The van der Waals surface area contributed by atoms with Gasteiger partial charge in [0.05, 0.1) is 0 Å². The predicted octanol–water partition coefficient (Wildman–Crippen LogP) is 10.0. The van der Waals surface area contributed by atoms with Gasteiger partial charge < -0.3 is 20.1 Å². The molecule has 0 fully saturated rings. The molecule has 4 heteroatoms. The third-order valence-electron chi connectivity index (χ3n) is 9.51. The number of aromatic hydroxyl groups is 3. The smallest absolute Gasteiger partial charge is 0.127 e. The third kappa shape index (κ3) is 6.74. The lowest BCUT2D eigenvalue weighted by atomic mass is 9.68. The van der Waals surface area contributed by atoms with Crippen molar-refractivity contribution in [2.45, 2.75) is 117 Å². The van der Waals surface area contributed by atoms with Gasteiger partial charge in [-0.05, 0) is 114 Å². The Labute approximate surface area is 253 Å².